The maximum Gasteiger partial charge on any atom is 0.323 e. The highest BCUT2D eigenvalue weighted by molar-refractivity contribution is 5.96. The van der Waals surface area contributed by atoms with Crippen LogP contribution in [0.5, 0.6) is 0 Å². The molecule has 26 heavy (non-hydrogen) atoms. The Labute approximate surface area is 152 Å². The second-order valence-electron chi connectivity index (χ2n) is 5.98. The monoisotopic (exact) mass is 345 g/mol. The van der Waals surface area contributed by atoms with E-state index in [1.165, 1.54) is 4.90 Å². The molecule has 0 saturated heterocycles. The van der Waals surface area contributed by atoms with Gasteiger partial charge in [-0.05, 0) is 28.8 Å². The summed E-state index contributed by atoms with van der Waals surface area (Å²) in [6, 6.07) is 26.5. The number of nitrogens with zero attached hydrogens (tertiary/aromatic N) is 1. The second kappa shape index (κ2) is 8.12. The number of amides is 1. The SMILES string of the molecule is O=C(O)CN(Cc1ccccc1)C(=O)c1ccc(-c2ccccc2)cc1. The van der Waals surface area contributed by atoms with E-state index in [0.717, 1.165) is 16.7 Å². The molecule has 130 valence electrons. The smallest absolute Gasteiger partial charge is 0.323 e. The summed E-state index contributed by atoms with van der Waals surface area (Å²) in [4.78, 5) is 25.3. The van der Waals surface area contributed by atoms with E-state index in [0.29, 0.717) is 5.56 Å². The van der Waals surface area contributed by atoms with Gasteiger partial charge in [-0.15, -0.1) is 0 Å². The zero-order chi connectivity index (χ0) is 18.4. The first-order chi connectivity index (χ1) is 12.6. The standard InChI is InChI=1S/C22H19NO3/c24-21(25)16-23(15-17-7-3-1-4-8-17)22(26)20-13-11-19(12-14-20)18-9-5-2-6-10-18/h1-14H,15-16H2,(H,24,25). The van der Waals surface area contributed by atoms with Crippen molar-refractivity contribution in [3.63, 3.8) is 0 Å². The molecule has 0 spiro atoms. The van der Waals surface area contributed by atoms with Gasteiger partial charge in [0.1, 0.15) is 6.54 Å². The predicted octanol–water partition coefficient (Wildman–Crippen LogP) is 4.08. The molecule has 3 rings (SSSR count). The number of hydrogen-bond donors (Lipinski definition) is 1. The molecule has 0 aromatic heterocycles. The van der Waals surface area contributed by atoms with Crippen LogP contribution in [0.4, 0.5) is 0 Å². The van der Waals surface area contributed by atoms with Crippen LogP contribution < -0.4 is 0 Å². The number of rotatable bonds is 6. The fraction of sp³-hybridized carbons (Fsp3) is 0.0909. The summed E-state index contributed by atoms with van der Waals surface area (Å²) in [5.41, 5.74) is 3.44. The third-order valence-electron chi connectivity index (χ3n) is 4.07. The van der Waals surface area contributed by atoms with E-state index in [1.54, 1.807) is 12.1 Å². The molecule has 0 saturated carbocycles. The fourth-order valence-electron chi connectivity index (χ4n) is 2.79. The summed E-state index contributed by atoms with van der Waals surface area (Å²) in [5, 5.41) is 9.16. The van der Waals surface area contributed by atoms with Crippen LogP contribution in [-0.2, 0) is 11.3 Å². The van der Waals surface area contributed by atoms with Crippen molar-refractivity contribution < 1.29 is 14.7 Å². The molecule has 1 N–H and O–H groups in total. The van der Waals surface area contributed by atoms with E-state index in [2.05, 4.69) is 0 Å². The van der Waals surface area contributed by atoms with E-state index < -0.39 is 5.97 Å². The van der Waals surface area contributed by atoms with Crippen molar-refractivity contribution in [2.45, 2.75) is 6.54 Å². The number of carboxylic acid groups (broad SMARTS) is 1. The van der Waals surface area contributed by atoms with Crippen LogP contribution in [0.3, 0.4) is 0 Å². The molecule has 0 bridgehead atoms. The Morgan fingerprint density at radius 1 is 0.731 bits per heavy atom. The van der Waals surface area contributed by atoms with Gasteiger partial charge in [-0.1, -0.05) is 72.8 Å². The summed E-state index contributed by atoms with van der Waals surface area (Å²) < 4.78 is 0. The Kier molecular flexibility index (Phi) is 5.44. The molecule has 0 radical (unpaired) electrons. The lowest BCUT2D eigenvalue weighted by molar-refractivity contribution is -0.137. The molecule has 4 heteroatoms. The molecule has 0 aliphatic heterocycles. The minimum absolute atomic E-state index is 0.256. The summed E-state index contributed by atoms with van der Waals surface area (Å²) in [5.74, 6) is -1.33. The van der Waals surface area contributed by atoms with Crippen molar-refractivity contribution in [2.75, 3.05) is 6.54 Å². The molecular formula is C22H19NO3. The van der Waals surface area contributed by atoms with Crippen LogP contribution in [0.25, 0.3) is 11.1 Å². The normalized spacial score (nSPS) is 10.3. The number of carboxylic acids is 1. The van der Waals surface area contributed by atoms with Gasteiger partial charge in [0.25, 0.3) is 5.91 Å². The van der Waals surface area contributed by atoms with Crippen molar-refractivity contribution in [3.05, 3.63) is 96.1 Å². The Morgan fingerprint density at radius 2 is 1.27 bits per heavy atom. The van der Waals surface area contributed by atoms with Gasteiger partial charge in [-0.3, -0.25) is 9.59 Å². The largest absolute Gasteiger partial charge is 0.480 e. The van der Waals surface area contributed by atoms with Crippen LogP contribution >= 0.6 is 0 Å². The molecule has 3 aromatic rings. The summed E-state index contributed by atoms with van der Waals surface area (Å²) in [7, 11) is 0. The Bertz CT molecular complexity index is 874. The van der Waals surface area contributed by atoms with E-state index >= 15 is 0 Å². The molecule has 3 aromatic carbocycles. The minimum Gasteiger partial charge on any atom is -0.480 e. The van der Waals surface area contributed by atoms with Crippen molar-refractivity contribution >= 4 is 11.9 Å². The summed E-state index contributed by atoms with van der Waals surface area (Å²) in [6.07, 6.45) is 0. The topological polar surface area (TPSA) is 57.6 Å². The number of carbonyl (C=O) groups is 2. The first kappa shape index (κ1) is 17.4. The molecule has 0 heterocycles. The van der Waals surface area contributed by atoms with Gasteiger partial charge in [0, 0.05) is 12.1 Å². The maximum atomic E-state index is 12.8. The number of aliphatic carboxylic acids is 1. The van der Waals surface area contributed by atoms with Gasteiger partial charge in [0.05, 0.1) is 0 Å². The summed E-state index contributed by atoms with van der Waals surface area (Å²) >= 11 is 0. The first-order valence-corrected chi connectivity index (χ1v) is 8.34. The summed E-state index contributed by atoms with van der Waals surface area (Å²) in [6.45, 7) is -0.0828. The Morgan fingerprint density at radius 3 is 1.85 bits per heavy atom. The van der Waals surface area contributed by atoms with Gasteiger partial charge >= 0.3 is 5.97 Å². The Balaban J connectivity index is 1.81. The van der Waals surface area contributed by atoms with E-state index in [4.69, 9.17) is 5.11 Å². The van der Waals surface area contributed by atoms with Crippen LogP contribution in [0.15, 0.2) is 84.9 Å². The molecule has 0 atom stereocenters. The predicted molar refractivity (Wildman–Crippen MR) is 101 cm³/mol. The Hall–Kier alpha value is -3.40. The highest BCUT2D eigenvalue weighted by Crippen LogP contribution is 2.20. The second-order valence-corrected chi connectivity index (χ2v) is 5.98. The van der Waals surface area contributed by atoms with Gasteiger partial charge in [0.2, 0.25) is 0 Å². The molecule has 4 nitrogen and oxygen atoms in total. The highest BCUT2D eigenvalue weighted by Gasteiger charge is 2.19. The van der Waals surface area contributed by atoms with E-state index in [1.807, 2.05) is 72.8 Å². The van der Waals surface area contributed by atoms with Crippen molar-refractivity contribution in [1.29, 1.82) is 0 Å². The zero-order valence-corrected chi connectivity index (χ0v) is 14.2. The molecule has 0 fully saturated rings. The van der Waals surface area contributed by atoms with Gasteiger partial charge in [-0.2, -0.15) is 0 Å². The molecule has 0 aliphatic carbocycles. The molecule has 1 amide bonds. The zero-order valence-electron chi connectivity index (χ0n) is 14.2. The maximum absolute atomic E-state index is 12.8. The van der Waals surface area contributed by atoms with Gasteiger partial charge in [-0.25, -0.2) is 0 Å². The third-order valence-corrected chi connectivity index (χ3v) is 4.07. The quantitative estimate of drug-likeness (QED) is 0.732. The molecule has 0 unspecified atom stereocenters. The minimum atomic E-state index is -1.03. The average Bonchev–Trinajstić information content (AvgIpc) is 2.68. The van der Waals surface area contributed by atoms with Crippen molar-refractivity contribution in [3.8, 4) is 11.1 Å². The van der Waals surface area contributed by atoms with Crippen LogP contribution in [-0.4, -0.2) is 28.4 Å². The number of hydrogen-bond acceptors (Lipinski definition) is 2. The fourth-order valence-corrected chi connectivity index (χ4v) is 2.79. The van der Waals surface area contributed by atoms with Crippen molar-refractivity contribution in [1.82, 2.24) is 4.90 Å². The van der Waals surface area contributed by atoms with Gasteiger partial charge in [0.15, 0.2) is 0 Å². The van der Waals surface area contributed by atoms with Gasteiger partial charge < -0.3 is 10.0 Å². The van der Waals surface area contributed by atoms with E-state index in [9.17, 15) is 9.59 Å². The highest BCUT2D eigenvalue weighted by atomic mass is 16.4. The number of carbonyl (C=O) groups excluding carboxylic acids is 1. The lowest BCUT2D eigenvalue weighted by Gasteiger charge is -2.21. The lowest BCUT2D eigenvalue weighted by atomic mass is 10.0. The third kappa shape index (κ3) is 4.36. The van der Waals surface area contributed by atoms with Crippen molar-refractivity contribution in [2.24, 2.45) is 0 Å². The lowest BCUT2D eigenvalue weighted by Crippen LogP contribution is -2.35. The van der Waals surface area contributed by atoms with Crippen LogP contribution in [0.1, 0.15) is 15.9 Å². The number of benzene rings is 3. The average molecular weight is 345 g/mol. The molecule has 0 aliphatic rings. The van der Waals surface area contributed by atoms with Crippen LogP contribution in [0, 0.1) is 0 Å². The molecular weight excluding hydrogens is 326 g/mol. The van der Waals surface area contributed by atoms with E-state index in [-0.39, 0.29) is 19.0 Å². The van der Waals surface area contributed by atoms with Crippen LogP contribution in [0.2, 0.25) is 0 Å². The first-order valence-electron chi connectivity index (χ1n) is 8.34.